The quantitative estimate of drug-likeness (QED) is 0.0374. The van der Waals surface area contributed by atoms with Crippen LogP contribution in [0.15, 0.2) is 71.2 Å². The van der Waals surface area contributed by atoms with Gasteiger partial charge in [0.25, 0.3) is 11.8 Å². The molecule has 16 nitrogen and oxygen atoms in total. The lowest BCUT2D eigenvalue weighted by atomic mass is 9.85. The minimum absolute atomic E-state index is 0.00829. The van der Waals surface area contributed by atoms with Crippen LogP contribution in [0.1, 0.15) is 109 Å². The Morgan fingerprint density at radius 1 is 1.01 bits per heavy atom. The number of rotatable bonds is 15. The molecule has 4 aromatic rings. The lowest BCUT2D eigenvalue weighted by Crippen LogP contribution is -2.58. The van der Waals surface area contributed by atoms with Gasteiger partial charge in [-0.1, -0.05) is 60.7 Å². The number of halogens is 3. The molecule has 1 aromatic heterocycles. The Bertz CT molecular complexity index is 2860. The van der Waals surface area contributed by atoms with Crippen LogP contribution in [-0.2, 0) is 40.7 Å². The molecule has 70 heavy (non-hydrogen) atoms. The first-order valence-corrected chi connectivity index (χ1v) is 26.0. The normalized spacial score (nSPS) is 17.7. The van der Waals surface area contributed by atoms with Crippen LogP contribution in [0.4, 0.5) is 14.5 Å². The number of nitrogens with one attached hydrogen (secondary N) is 3. The number of carbonyl (C=O) groups excluding carboxylic acids is 7. The number of hydrogen-bond donors (Lipinski definition) is 5. The number of unbranched alkanes of at least 4 members (excludes halogenated alkanes) is 2. The predicted molar refractivity (Wildman–Crippen MR) is 261 cm³/mol. The molecule has 4 heterocycles. The molecule has 7 amide bonds. The standard InChI is InChI=1S/C49H52BrF2N6O10PS/c1-48(2,3)42(55-44(62)39-27-30-26-31(14-20-38(30)70-39)49(51,52)69(66,67)68)47(65)57-24-9-13-37(57)46(64)56(33-17-15-32(50)16-18-33)25-22-40(59)53-23-7-5-4-6-10-29-11-8-12-34-35(29)28-58(45(34)63)36-19-21-41(60)54-43(36)61/h8,11-12,14-18,20,26-27,36-37,42H,4-5,7,9,13,19,21-25,28H2,1-3H3,(H,53,59)(H,55,62)(H,54,60,61)(H2,66,67,68)/t36?,37-,42+/m0/s1. The predicted octanol–water partition coefficient (Wildman–Crippen LogP) is 6.55. The van der Waals surface area contributed by atoms with Gasteiger partial charge in [0.15, 0.2) is 0 Å². The van der Waals surface area contributed by atoms with E-state index >= 15 is 0 Å². The van der Waals surface area contributed by atoms with E-state index in [2.05, 4.69) is 43.7 Å². The molecule has 3 aliphatic heterocycles. The van der Waals surface area contributed by atoms with Crippen molar-refractivity contribution in [3.8, 4) is 11.8 Å². The number of alkyl halides is 2. The van der Waals surface area contributed by atoms with Crippen molar-refractivity contribution in [2.24, 2.45) is 5.41 Å². The summed E-state index contributed by atoms with van der Waals surface area (Å²) < 4.78 is 41.6. The highest BCUT2D eigenvalue weighted by Gasteiger charge is 2.50. The van der Waals surface area contributed by atoms with Crippen LogP contribution in [-0.4, -0.2) is 98.7 Å². The second-order valence-corrected chi connectivity index (χ2v) is 22.1. The van der Waals surface area contributed by atoms with Gasteiger partial charge in [0.05, 0.1) is 4.88 Å². The molecule has 0 saturated carbocycles. The van der Waals surface area contributed by atoms with Crippen molar-refractivity contribution < 1.29 is 56.7 Å². The summed E-state index contributed by atoms with van der Waals surface area (Å²) in [6, 6.07) is 13.9. The van der Waals surface area contributed by atoms with Gasteiger partial charge >= 0.3 is 13.3 Å². The van der Waals surface area contributed by atoms with E-state index < -0.39 is 66.0 Å². The lowest BCUT2D eigenvalue weighted by Gasteiger charge is -2.36. The second-order valence-electron chi connectivity index (χ2n) is 18.5. The largest absolute Gasteiger partial charge is 0.399 e. The summed E-state index contributed by atoms with van der Waals surface area (Å²) >= 11 is 4.38. The van der Waals surface area contributed by atoms with Crippen molar-refractivity contribution in [1.29, 1.82) is 0 Å². The van der Waals surface area contributed by atoms with Crippen LogP contribution >= 0.6 is 34.9 Å². The summed E-state index contributed by atoms with van der Waals surface area (Å²) in [5.41, 5.74) is -3.77. The smallest absolute Gasteiger partial charge is 0.356 e. The molecule has 3 aromatic carbocycles. The summed E-state index contributed by atoms with van der Waals surface area (Å²) in [4.78, 5) is 116. The van der Waals surface area contributed by atoms with Gasteiger partial charge < -0.3 is 35.1 Å². The number of thiophene rings is 1. The van der Waals surface area contributed by atoms with Crippen molar-refractivity contribution >= 4 is 92.0 Å². The summed E-state index contributed by atoms with van der Waals surface area (Å²) in [6.07, 6.45) is 3.04. The molecule has 2 fully saturated rings. The fraction of sp³-hybridized carbons (Fsp3) is 0.408. The molecule has 1 unspecified atom stereocenters. The third-order valence-corrected chi connectivity index (χ3v) is 15.1. The Morgan fingerprint density at radius 3 is 2.46 bits per heavy atom. The Hall–Kier alpha value is -5.84. The average Bonchev–Trinajstić information content (AvgIpc) is 4.05. The van der Waals surface area contributed by atoms with Crippen LogP contribution < -0.4 is 20.9 Å². The zero-order chi connectivity index (χ0) is 50.7. The van der Waals surface area contributed by atoms with E-state index in [0.717, 1.165) is 33.5 Å². The Morgan fingerprint density at radius 2 is 1.76 bits per heavy atom. The fourth-order valence-electron chi connectivity index (χ4n) is 8.71. The van der Waals surface area contributed by atoms with Crippen LogP contribution in [0.2, 0.25) is 0 Å². The lowest BCUT2D eigenvalue weighted by molar-refractivity contribution is -0.141. The van der Waals surface area contributed by atoms with Gasteiger partial charge in [0.2, 0.25) is 29.5 Å². The summed E-state index contributed by atoms with van der Waals surface area (Å²) in [7, 11) is -5.83. The van der Waals surface area contributed by atoms with E-state index in [4.69, 9.17) is 0 Å². The highest BCUT2D eigenvalue weighted by Crippen LogP contribution is 2.59. The molecular formula is C49H52BrF2N6O10PS. The van der Waals surface area contributed by atoms with E-state index in [-0.39, 0.29) is 66.9 Å². The third kappa shape index (κ3) is 11.5. The topological polar surface area (TPSA) is 223 Å². The van der Waals surface area contributed by atoms with Gasteiger partial charge in [-0.15, -0.1) is 11.3 Å². The van der Waals surface area contributed by atoms with Gasteiger partial charge in [-0.2, -0.15) is 8.78 Å². The number of anilines is 1. The van der Waals surface area contributed by atoms with Crippen molar-refractivity contribution in [3.05, 3.63) is 98.3 Å². The SMILES string of the molecule is CC(C)(C)[C@H](NC(=O)c1cc2cc(C(F)(F)P(=O)(O)O)ccc2s1)C(=O)N1CCC[C@H]1C(=O)N(CCC(=O)NCCCCC#Cc1cccc2c1CN(C1CCC(=O)NC1=O)C2=O)c1ccc(Br)cc1. The molecule has 0 radical (unpaired) electrons. The average molecular weight is 1070 g/mol. The van der Waals surface area contributed by atoms with Gasteiger partial charge in [-0.25, -0.2) is 0 Å². The summed E-state index contributed by atoms with van der Waals surface area (Å²) in [6.45, 7) is 6.09. The molecule has 7 rings (SSSR count). The van der Waals surface area contributed by atoms with E-state index in [1.54, 1.807) is 57.2 Å². The van der Waals surface area contributed by atoms with Crippen LogP contribution in [0.5, 0.6) is 0 Å². The first kappa shape index (κ1) is 52.0. The van der Waals surface area contributed by atoms with Gasteiger partial charge in [0.1, 0.15) is 18.1 Å². The maximum atomic E-state index is 14.5. The highest BCUT2D eigenvalue weighted by atomic mass is 79.9. The summed E-state index contributed by atoms with van der Waals surface area (Å²) in [5, 5.41) is 8.18. The van der Waals surface area contributed by atoms with Gasteiger partial charge in [-0.3, -0.25) is 43.4 Å². The zero-order valence-corrected chi connectivity index (χ0v) is 41.9. The number of carbonyl (C=O) groups is 7. The molecule has 0 spiro atoms. The molecular weight excluding hydrogens is 1010 g/mol. The van der Waals surface area contributed by atoms with E-state index in [9.17, 15) is 56.7 Å². The Kier molecular flexibility index (Phi) is 15.8. The number of nitrogens with zero attached hydrogens (tertiary/aromatic N) is 3. The van der Waals surface area contributed by atoms with E-state index in [1.165, 1.54) is 26.8 Å². The maximum Gasteiger partial charge on any atom is 0.399 e. The number of fused-ring (bicyclic) bond motifs is 2. The number of likely N-dealkylation sites (tertiary alicyclic amines) is 1. The molecule has 3 aliphatic rings. The third-order valence-electron chi connectivity index (χ3n) is 12.5. The molecule has 2 saturated heterocycles. The van der Waals surface area contributed by atoms with Crippen LogP contribution in [0.25, 0.3) is 10.1 Å². The number of imide groups is 1. The van der Waals surface area contributed by atoms with Crippen LogP contribution in [0.3, 0.4) is 0 Å². The van der Waals surface area contributed by atoms with Crippen molar-refractivity contribution in [2.75, 3.05) is 24.5 Å². The number of amides is 7. The summed E-state index contributed by atoms with van der Waals surface area (Å²) in [5.74, 6) is 3.34. The second kappa shape index (κ2) is 21.3. The fourth-order valence-corrected chi connectivity index (χ4v) is 10.4. The minimum atomic E-state index is -5.83. The molecule has 5 N–H and O–H groups in total. The molecule has 3 atom stereocenters. The van der Waals surface area contributed by atoms with E-state index in [1.807, 2.05) is 6.07 Å². The number of benzene rings is 3. The Balaban J connectivity index is 0.943. The zero-order valence-electron chi connectivity index (χ0n) is 38.6. The van der Waals surface area contributed by atoms with Crippen molar-refractivity contribution in [3.63, 3.8) is 0 Å². The maximum absolute atomic E-state index is 14.5. The molecule has 0 aliphatic carbocycles. The first-order valence-electron chi connectivity index (χ1n) is 22.7. The van der Waals surface area contributed by atoms with E-state index in [0.29, 0.717) is 60.2 Å². The monoisotopic (exact) mass is 1060 g/mol. The van der Waals surface area contributed by atoms with Crippen LogP contribution in [0, 0.1) is 17.3 Å². The first-order chi connectivity index (χ1) is 33.0. The molecule has 0 bridgehead atoms. The van der Waals surface area contributed by atoms with Gasteiger partial charge in [0, 0.05) is 77.0 Å². The molecule has 370 valence electrons. The van der Waals surface area contributed by atoms with Crippen molar-refractivity contribution in [2.45, 2.75) is 102 Å². The Labute approximate surface area is 415 Å². The number of hydrogen-bond acceptors (Lipinski definition) is 9. The number of piperidine rings is 1. The van der Waals surface area contributed by atoms with Gasteiger partial charge in [-0.05, 0) is 103 Å². The molecule has 21 heteroatoms. The minimum Gasteiger partial charge on any atom is -0.356 e. The highest BCUT2D eigenvalue weighted by molar-refractivity contribution is 9.10. The van der Waals surface area contributed by atoms with Crippen molar-refractivity contribution in [1.82, 2.24) is 25.8 Å².